The molecule has 1 fully saturated rings. The molecule has 0 bridgehead atoms. The first-order chi connectivity index (χ1) is 10.4. The summed E-state index contributed by atoms with van der Waals surface area (Å²) in [6.45, 7) is 8.30. The Kier molecular flexibility index (Phi) is 5.80. The number of rotatable bonds is 4. The van der Waals surface area contributed by atoms with E-state index in [0.717, 1.165) is 32.5 Å². The smallest absolute Gasteiger partial charge is 0.427 e. The van der Waals surface area contributed by atoms with Crippen LogP contribution in [0.1, 0.15) is 39.2 Å². The molecule has 1 aliphatic heterocycles. The molecule has 0 radical (unpaired) electrons. The third kappa shape index (κ3) is 6.03. The second-order valence-electron chi connectivity index (χ2n) is 6.74. The number of carbonyl (C=O) groups is 1. The van der Waals surface area contributed by atoms with Gasteiger partial charge in [-0.2, -0.15) is 0 Å². The molecular weight excluding hydrogens is 280 g/mol. The van der Waals surface area contributed by atoms with E-state index in [1.165, 1.54) is 5.56 Å². The number of hydrogen-bond donors (Lipinski definition) is 1. The Labute approximate surface area is 132 Å². The van der Waals surface area contributed by atoms with Crippen LogP contribution in [0.2, 0.25) is 0 Å². The van der Waals surface area contributed by atoms with Crippen LogP contribution in [0.15, 0.2) is 30.3 Å². The first-order valence-corrected chi connectivity index (χ1v) is 7.84. The largest absolute Gasteiger partial charge is 0.528 e. The molecule has 5 nitrogen and oxygen atoms in total. The number of piperidine rings is 1. The number of ether oxygens (including phenoxy) is 1. The van der Waals surface area contributed by atoms with Crippen molar-refractivity contribution in [1.29, 1.82) is 0 Å². The fraction of sp³-hybridized carbons (Fsp3) is 0.588. The van der Waals surface area contributed by atoms with E-state index < -0.39 is 11.8 Å². The van der Waals surface area contributed by atoms with Gasteiger partial charge in [-0.3, -0.25) is 4.90 Å². The van der Waals surface area contributed by atoms with Gasteiger partial charge in [0.05, 0.1) is 6.04 Å². The minimum atomic E-state index is -0.673. The molecule has 1 atom stereocenters. The molecule has 22 heavy (non-hydrogen) atoms. The van der Waals surface area contributed by atoms with Crippen LogP contribution in [0.3, 0.4) is 0 Å². The van der Waals surface area contributed by atoms with E-state index in [1.54, 1.807) is 0 Å². The average Bonchev–Trinajstić information content (AvgIpc) is 2.45. The fourth-order valence-corrected chi connectivity index (χ4v) is 2.54. The quantitative estimate of drug-likeness (QED) is 0.684. The van der Waals surface area contributed by atoms with Gasteiger partial charge in [-0.15, -0.1) is 5.48 Å². The topological polar surface area (TPSA) is 50.8 Å². The van der Waals surface area contributed by atoms with E-state index in [2.05, 4.69) is 34.6 Å². The van der Waals surface area contributed by atoms with Crippen molar-refractivity contribution in [2.75, 3.05) is 13.1 Å². The van der Waals surface area contributed by atoms with Gasteiger partial charge in [-0.1, -0.05) is 30.3 Å². The predicted molar refractivity (Wildman–Crippen MR) is 85.2 cm³/mol. The highest BCUT2D eigenvalue weighted by molar-refractivity contribution is 5.60. The van der Waals surface area contributed by atoms with E-state index in [4.69, 9.17) is 9.57 Å². The Morgan fingerprint density at radius 3 is 2.73 bits per heavy atom. The summed E-state index contributed by atoms with van der Waals surface area (Å²) < 4.78 is 5.11. The summed E-state index contributed by atoms with van der Waals surface area (Å²) in [5, 5.41) is 0. The average molecular weight is 306 g/mol. The Morgan fingerprint density at radius 2 is 2.05 bits per heavy atom. The first-order valence-electron chi connectivity index (χ1n) is 7.84. The molecule has 2 rings (SSSR count). The van der Waals surface area contributed by atoms with Crippen molar-refractivity contribution in [2.24, 2.45) is 0 Å². The van der Waals surface area contributed by atoms with E-state index in [9.17, 15) is 4.79 Å². The lowest BCUT2D eigenvalue weighted by molar-refractivity contribution is -0.0462. The molecule has 122 valence electrons. The van der Waals surface area contributed by atoms with Gasteiger partial charge in [0, 0.05) is 13.1 Å². The maximum absolute atomic E-state index is 11.6. The van der Waals surface area contributed by atoms with Crippen molar-refractivity contribution in [3.8, 4) is 0 Å². The van der Waals surface area contributed by atoms with E-state index in [0.29, 0.717) is 0 Å². The van der Waals surface area contributed by atoms with Crippen LogP contribution in [-0.2, 0) is 16.1 Å². The summed E-state index contributed by atoms with van der Waals surface area (Å²) in [5.41, 5.74) is 3.61. The molecule has 1 heterocycles. The molecule has 1 unspecified atom stereocenters. The summed E-state index contributed by atoms with van der Waals surface area (Å²) in [6, 6.07) is 10.5. The SMILES string of the molecule is CC(C)(C)OC(=O)ONC1CCCN(Cc2ccccc2)C1. The lowest BCUT2D eigenvalue weighted by Crippen LogP contribution is -2.46. The van der Waals surface area contributed by atoms with E-state index >= 15 is 0 Å². The molecule has 5 heteroatoms. The number of nitrogens with one attached hydrogen (secondary N) is 1. The second kappa shape index (κ2) is 7.61. The summed E-state index contributed by atoms with van der Waals surface area (Å²) in [5.74, 6) is 0. The van der Waals surface area contributed by atoms with Gasteiger partial charge in [-0.05, 0) is 45.7 Å². The number of hydroxylamine groups is 1. The molecule has 0 saturated carbocycles. The van der Waals surface area contributed by atoms with Gasteiger partial charge in [0.1, 0.15) is 5.60 Å². The molecule has 1 aromatic rings. The normalized spacial score (nSPS) is 19.7. The third-order valence-corrected chi connectivity index (χ3v) is 3.45. The van der Waals surface area contributed by atoms with Crippen LogP contribution in [-0.4, -0.2) is 35.8 Å². The van der Waals surface area contributed by atoms with Gasteiger partial charge >= 0.3 is 6.16 Å². The predicted octanol–water partition coefficient (Wildman–Crippen LogP) is 3.11. The molecule has 0 aromatic heterocycles. The molecule has 1 aliphatic rings. The highest BCUT2D eigenvalue weighted by atomic mass is 16.8. The summed E-state index contributed by atoms with van der Waals surface area (Å²) in [4.78, 5) is 18.9. The highest BCUT2D eigenvalue weighted by Crippen LogP contribution is 2.14. The molecular formula is C17H26N2O3. The number of likely N-dealkylation sites (tertiary alicyclic amines) is 1. The summed E-state index contributed by atoms with van der Waals surface area (Å²) in [6.07, 6.45) is 1.41. The molecule has 1 N–H and O–H groups in total. The second-order valence-corrected chi connectivity index (χ2v) is 6.74. The Morgan fingerprint density at radius 1 is 1.32 bits per heavy atom. The van der Waals surface area contributed by atoms with Gasteiger partial charge in [0.15, 0.2) is 0 Å². The Balaban J connectivity index is 1.75. The number of benzene rings is 1. The first kappa shape index (κ1) is 16.8. The van der Waals surface area contributed by atoms with E-state index in [1.807, 2.05) is 26.8 Å². The van der Waals surface area contributed by atoms with Crippen molar-refractivity contribution in [2.45, 2.75) is 51.8 Å². The van der Waals surface area contributed by atoms with Crippen LogP contribution in [0, 0.1) is 0 Å². The van der Waals surface area contributed by atoms with Gasteiger partial charge in [-0.25, -0.2) is 4.79 Å². The monoisotopic (exact) mass is 306 g/mol. The molecule has 0 spiro atoms. The fourth-order valence-electron chi connectivity index (χ4n) is 2.54. The minimum Gasteiger partial charge on any atom is -0.427 e. The van der Waals surface area contributed by atoms with Crippen LogP contribution < -0.4 is 5.48 Å². The highest BCUT2D eigenvalue weighted by Gasteiger charge is 2.23. The number of carbonyl (C=O) groups excluding carboxylic acids is 1. The van der Waals surface area contributed by atoms with Crippen molar-refractivity contribution < 1.29 is 14.4 Å². The van der Waals surface area contributed by atoms with Crippen LogP contribution in [0.4, 0.5) is 4.79 Å². The maximum Gasteiger partial charge on any atom is 0.528 e. The molecule has 1 saturated heterocycles. The van der Waals surface area contributed by atoms with Crippen LogP contribution >= 0.6 is 0 Å². The zero-order chi connectivity index (χ0) is 16.0. The zero-order valence-electron chi connectivity index (χ0n) is 13.7. The third-order valence-electron chi connectivity index (χ3n) is 3.45. The minimum absolute atomic E-state index is 0.144. The lowest BCUT2D eigenvalue weighted by atomic mass is 10.1. The van der Waals surface area contributed by atoms with Crippen LogP contribution in [0.25, 0.3) is 0 Å². The Bertz CT molecular complexity index is 471. The van der Waals surface area contributed by atoms with Crippen molar-refractivity contribution in [3.05, 3.63) is 35.9 Å². The zero-order valence-corrected chi connectivity index (χ0v) is 13.7. The van der Waals surface area contributed by atoms with Gasteiger partial charge in [0.2, 0.25) is 0 Å². The molecule has 1 aromatic carbocycles. The van der Waals surface area contributed by atoms with Crippen molar-refractivity contribution >= 4 is 6.16 Å². The maximum atomic E-state index is 11.6. The van der Waals surface area contributed by atoms with E-state index in [-0.39, 0.29) is 6.04 Å². The summed E-state index contributed by atoms with van der Waals surface area (Å²) in [7, 11) is 0. The molecule has 0 amide bonds. The number of hydrogen-bond acceptors (Lipinski definition) is 5. The lowest BCUT2D eigenvalue weighted by Gasteiger charge is -2.32. The number of nitrogens with zero attached hydrogens (tertiary/aromatic N) is 1. The van der Waals surface area contributed by atoms with Gasteiger partial charge < -0.3 is 9.57 Å². The standard InChI is InChI=1S/C17H26N2O3/c1-17(2,3)21-16(20)22-18-15-10-7-11-19(13-15)12-14-8-5-4-6-9-14/h4-6,8-9,15,18H,7,10-13H2,1-3H3. The van der Waals surface area contributed by atoms with Gasteiger partial charge in [0.25, 0.3) is 0 Å². The van der Waals surface area contributed by atoms with Crippen molar-refractivity contribution in [1.82, 2.24) is 10.4 Å². The van der Waals surface area contributed by atoms with Crippen molar-refractivity contribution in [3.63, 3.8) is 0 Å². The summed E-state index contributed by atoms with van der Waals surface area (Å²) >= 11 is 0. The Hall–Kier alpha value is -1.59. The molecule has 0 aliphatic carbocycles. The van der Waals surface area contributed by atoms with Crippen LogP contribution in [0.5, 0.6) is 0 Å².